The zero-order valence-electron chi connectivity index (χ0n) is 25.7. The van der Waals surface area contributed by atoms with E-state index >= 15 is 0 Å². The van der Waals surface area contributed by atoms with Crippen LogP contribution >= 0.6 is 11.8 Å². The summed E-state index contributed by atoms with van der Waals surface area (Å²) in [6.07, 6.45) is 4.32. The number of carbonyl (C=O) groups excluding carboxylic acids is 4. The molecule has 1 fully saturated rings. The minimum Gasteiger partial charge on any atom is -1.00 e. The van der Waals surface area contributed by atoms with Gasteiger partial charge in [0.05, 0.1) is 23.7 Å². The molecule has 2 aliphatic heterocycles. The number of pyridine rings is 1. The summed E-state index contributed by atoms with van der Waals surface area (Å²) in [5.41, 5.74) is 0.0924. The van der Waals surface area contributed by atoms with Gasteiger partial charge in [0.2, 0.25) is 5.91 Å². The van der Waals surface area contributed by atoms with Gasteiger partial charge >= 0.3 is 35.5 Å². The predicted octanol–water partition coefficient (Wildman–Crippen LogP) is -4.48. The molecule has 4 heterocycles. The van der Waals surface area contributed by atoms with Crippen molar-refractivity contribution in [3.8, 4) is 0 Å². The van der Waals surface area contributed by atoms with Gasteiger partial charge in [-0.05, 0) is 17.5 Å². The molecule has 1 saturated heterocycles. The predicted molar refractivity (Wildman–Crippen MR) is 157 cm³/mol. The molecule has 19 heteroatoms. The van der Waals surface area contributed by atoms with Crippen LogP contribution in [0, 0.1) is 0 Å². The van der Waals surface area contributed by atoms with Crippen LogP contribution in [0.15, 0.2) is 72.5 Å². The minimum atomic E-state index is -4.13. The molecular formula is C28H27N6NaO10S2. The zero-order valence-corrected chi connectivity index (χ0v) is 28.3. The van der Waals surface area contributed by atoms with Gasteiger partial charge in [-0.25, -0.2) is 14.3 Å². The molecule has 2 aliphatic rings. The van der Waals surface area contributed by atoms with Gasteiger partial charge in [0, 0.05) is 23.5 Å². The second-order valence-electron chi connectivity index (χ2n) is 10.3. The number of aryl methyl sites for hydroxylation is 1. The third kappa shape index (κ3) is 8.09. The number of hydrogen-bond acceptors (Lipinski definition) is 10. The van der Waals surface area contributed by atoms with E-state index in [4.69, 9.17) is 4.55 Å². The number of aliphatic carboxylic acids is 1. The Morgan fingerprint density at radius 2 is 1.85 bits per heavy atom. The van der Waals surface area contributed by atoms with E-state index in [0.717, 1.165) is 11.2 Å². The van der Waals surface area contributed by atoms with E-state index in [1.165, 1.54) is 11.8 Å². The number of carboxylic acid groups (broad SMARTS) is 2. The summed E-state index contributed by atoms with van der Waals surface area (Å²) in [4.78, 5) is 70.5. The molecule has 0 saturated carbocycles. The van der Waals surface area contributed by atoms with Crippen molar-refractivity contribution in [2.45, 2.75) is 30.4 Å². The van der Waals surface area contributed by atoms with E-state index in [1.807, 2.05) is 0 Å². The summed E-state index contributed by atoms with van der Waals surface area (Å²) in [7, 11) is -4.13. The molecule has 1 aromatic carbocycles. The number of fused-ring (bicyclic) bond motifs is 1. The van der Waals surface area contributed by atoms with Crippen molar-refractivity contribution >= 4 is 51.5 Å². The molecule has 0 unspecified atom stereocenters. The number of aromatic carboxylic acids is 1. The van der Waals surface area contributed by atoms with Gasteiger partial charge < -0.3 is 32.1 Å². The molecule has 5 N–H and O–H groups in total. The van der Waals surface area contributed by atoms with Crippen LogP contribution < -0.4 is 49.9 Å². The Morgan fingerprint density at radius 3 is 2.47 bits per heavy atom. The molecule has 0 aliphatic carbocycles. The number of H-pyrrole nitrogens is 1. The van der Waals surface area contributed by atoms with Crippen molar-refractivity contribution in [1.29, 1.82) is 0 Å². The van der Waals surface area contributed by atoms with Crippen LogP contribution in [0.2, 0.25) is 0 Å². The summed E-state index contributed by atoms with van der Waals surface area (Å²) < 4.78 is 32.6. The molecule has 2 aromatic heterocycles. The van der Waals surface area contributed by atoms with Crippen molar-refractivity contribution in [2.75, 3.05) is 11.5 Å². The first-order valence-corrected chi connectivity index (χ1v) is 16.2. The summed E-state index contributed by atoms with van der Waals surface area (Å²) in [5, 5.41) is 25.8. The number of imidazole rings is 1. The SMILES string of the molecule is O=C([O-])C1=C(C[n+]2ccc(CCS(=O)(=O)O)cc2)CS[C@@H]2[C@H](NC(=O)[C@H](NC(=O)c3nc[nH]c3C(=O)O)c3ccccc3)C(=O)N12.[H-].[Na+]. The van der Waals surface area contributed by atoms with E-state index in [9.17, 15) is 42.6 Å². The van der Waals surface area contributed by atoms with Gasteiger partial charge in [-0.15, -0.1) is 11.8 Å². The number of aromatic amines is 1. The fourth-order valence-corrected chi connectivity index (χ4v) is 6.86. The Bertz CT molecular complexity index is 1860. The average Bonchev–Trinajstić information content (AvgIpc) is 3.52. The molecule has 3 amide bonds. The summed E-state index contributed by atoms with van der Waals surface area (Å²) >= 11 is 1.22. The van der Waals surface area contributed by atoms with E-state index in [0.29, 0.717) is 16.7 Å². The number of thioether (sulfide) groups is 1. The minimum absolute atomic E-state index is 0. The largest absolute Gasteiger partial charge is 1.00 e. The standard InChI is InChI=1S/C28H26N6O10S2.Na.H/c35-23(18(16-4-2-1-3-5-16)31-24(36)19-20(27(38)39)30-14-29-19)32-21-25(37)34-22(28(40)41)17(13-45-26(21)34)12-33-9-6-15(7-10-33)8-11-46(42,43)44;;/h1-7,9-10,14,18,21,26H,8,11-13H2,(H5-,29,30,31,32,35,36,38,39,40,41,42,43,44);;/q;+1;-1/t18-,21-,26-;;/m1../s1. The van der Waals surface area contributed by atoms with Gasteiger partial charge in [-0.3, -0.25) is 23.8 Å². The van der Waals surface area contributed by atoms with Gasteiger partial charge in [-0.1, -0.05) is 30.3 Å². The summed E-state index contributed by atoms with van der Waals surface area (Å²) in [5.74, 6) is -5.72. The first-order valence-electron chi connectivity index (χ1n) is 13.6. The number of aromatic nitrogens is 3. The number of amides is 3. The van der Waals surface area contributed by atoms with Gasteiger partial charge in [0.25, 0.3) is 21.9 Å². The van der Waals surface area contributed by atoms with E-state index in [2.05, 4.69) is 20.6 Å². The fourth-order valence-electron chi connectivity index (χ4n) is 5.03. The average molecular weight is 695 g/mol. The first-order chi connectivity index (χ1) is 21.8. The van der Waals surface area contributed by atoms with Crippen molar-refractivity contribution < 1.29 is 82.7 Å². The Labute approximate surface area is 295 Å². The third-order valence-electron chi connectivity index (χ3n) is 7.26. The van der Waals surface area contributed by atoms with Crippen LogP contribution in [-0.4, -0.2) is 85.5 Å². The second-order valence-corrected chi connectivity index (χ2v) is 13.0. The van der Waals surface area contributed by atoms with E-state index < -0.39 is 74.4 Å². The zero-order chi connectivity index (χ0) is 33.2. The van der Waals surface area contributed by atoms with Gasteiger partial charge in [0.1, 0.15) is 17.5 Å². The molecular weight excluding hydrogens is 667 g/mol. The summed E-state index contributed by atoms with van der Waals surface area (Å²) in [6, 6.07) is 8.80. The van der Waals surface area contributed by atoms with Gasteiger partial charge in [-0.2, -0.15) is 8.42 Å². The number of carboxylic acids is 2. The Morgan fingerprint density at radius 1 is 1.17 bits per heavy atom. The van der Waals surface area contributed by atoms with Crippen LogP contribution in [0.4, 0.5) is 0 Å². The molecule has 3 atom stereocenters. The van der Waals surface area contributed by atoms with Crippen LogP contribution in [-0.2, 0) is 37.5 Å². The van der Waals surface area contributed by atoms with Gasteiger partial charge in [0.15, 0.2) is 30.3 Å². The van der Waals surface area contributed by atoms with Crippen molar-refractivity contribution in [3.05, 3.63) is 95.0 Å². The molecule has 0 spiro atoms. The monoisotopic (exact) mass is 694 g/mol. The quantitative estimate of drug-likeness (QED) is 0.0522. The first kappa shape index (κ1) is 35.8. The number of benzene rings is 1. The molecule has 242 valence electrons. The number of hydrogen-bond donors (Lipinski definition) is 5. The van der Waals surface area contributed by atoms with Crippen LogP contribution in [0.1, 0.15) is 39.6 Å². The third-order valence-corrected chi connectivity index (χ3v) is 9.32. The second kappa shape index (κ2) is 14.8. The normalized spacial score (nSPS) is 17.9. The topological polar surface area (TPSA) is 243 Å². The molecule has 16 nitrogen and oxygen atoms in total. The maximum atomic E-state index is 13.5. The molecule has 5 rings (SSSR count). The Balaban J connectivity index is 0.00000312. The number of nitrogens with one attached hydrogen (secondary N) is 3. The maximum absolute atomic E-state index is 13.5. The van der Waals surface area contributed by atoms with Crippen LogP contribution in [0.3, 0.4) is 0 Å². The molecule has 3 aromatic rings. The Kier molecular flexibility index (Phi) is 11.3. The Hall–Kier alpha value is -4.07. The number of rotatable bonds is 12. The van der Waals surface area contributed by atoms with E-state index in [-0.39, 0.29) is 55.4 Å². The number of nitrogens with zero attached hydrogens (tertiary/aromatic N) is 3. The molecule has 0 radical (unpaired) electrons. The smallest absolute Gasteiger partial charge is 1.00 e. The molecule has 0 bridgehead atoms. The summed E-state index contributed by atoms with van der Waals surface area (Å²) in [6.45, 7) is 0.0794. The van der Waals surface area contributed by atoms with Crippen LogP contribution in [0.25, 0.3) is 0 Å². The van der Waals surface area contributed by atoms with Crippen molar-refractivity contribution in [3.63, 3.8) is 0 Å². The molecule has 47 heavy (non-hydrogen) atoms. The van der Waals surface area contributed by atoms with Crippen molar-refractivity contribution in [1.82, 2.24) is 25.5 Å². The van der Waals surface area contributed by atoms with Crippen LogP contribution in [0.5, 0.6) is 0 Å². The maximum Gasteiger partial charge on any atom is 1.00 e. The fraction of sp³-hybridized carbons (Fsp3) is 0.250. The van der Waals surface area contributed by atoms with E-state index in [1.54, 1.807) is 59.4 Å². The van der Waals surface area contributed by atoms with Crippen molar-refractivity contribution in [2.24, 2.45) is 0 Å². The number of carbonyl (C=O) groups is 5. The number of β-lactam (4-membered cyclic amide) rings is 1.